The summed E-state index contributed by atoms with van der Waals surface area (Å²) in [5, 5.41) is 0. The molecule has 0 aromatic heterocycles. The molecule has 1 nitrogen and oxygen atoms in total. The quantitative estimate of drug-likeness (QED) is 0.655. The van der Waals surface area contributed by atoms with Crippen LogP contribution in [0, 0.1) is 5.92 Å². The predicted octanol–water partition coefficient (Wildman–Crippen LogP) is 0.530. The summed E-state index contributed by atoms with van der Waals surface area (Å²) in [6, 6.07) is 0. The minimum atomic E-state index is -4.92. The van der Waals surface area contributed by atoms with Gasteiger partial charge in [-0.3, -0.25) is 0 Å². The Balaban J connectivity index is 0.00000225. The number of ether oxygens (including phenoxy) is 1. The third kappa shape index (κ3) is 6.81. The summed E-state index contributed by atoms with van der Waals surface area (Å²) >= 11 is 0. The molecule has 0 unspecified atom stereocenters. The van der Waals surface area contributed by atoms with E-state index in [1.165, 1.54) is 19.3 Å². The topological polar surface area (TPSA) is 9.23 Å². The van der Waals surface area contributed by atoms with Gasteiger partial charge in [0.1, 0.15) is 0 Å². The Hall–Kier alpha value is 1.19. The SMILES string of the molecule is C=C(COCC1CCCCC1)[B-](F)(F)F.[K+]. The van der Waals surface area contributed by atoms with E-state index >= 15 is 0 Å². The van der Waals surface area contributed by atoms with Crippen LogP contribution < -0.4 is 51.4 Å². The van der Waals surface area contributed by atoms with E-state index in [9.17, 15) is 12.9 Å². The van der Waals surface area contributed by atoms with Gasteiger partial charge < -0.3 is 17.7 Å². The van der Waals surface area contributed by atoms with Crippen molar-refractivity contribution in [1.82, 2.24) is 0 Å². The van der Waals surface area contributed by atoms with Crippen molar-refractivity contribution in [3.8, 4) is 0 Å². The molecule has 0 radical (unpaired) electrons. The Morgan fingerprint density at radius 3 is 2.25 bits per heavy atom. The first kappa shape index (κ1) is 17.2. The molecular weight excluding hydrogens is 243 g/mol. The molecular formula is C10H17BF3KO. The van der Waals surface area contributed by atoms with Gasteiger partial charge in [-0.05, 0) is 18.8 Å². The second-order valence-corrected chi connectivity index (χ2v) is 4.25. The van der Waals surface area contributed by atoms with E-state index in [2.05, 4.69) is 6.58 Å². The van der Waals surface area contributed by atoms with Gasteiger partial charge in [0.05, 0.1) is 0 Å². The fourth-order valence-corrected chi connectivity index (χ4v) is 1.80. The Bertz CT molecular complexity index is 215. The molecule has 1 saturated carbocycles. The monoisotopic (exact) mass is 260 g/mol. The third-order valence-electron chi connectivity index (χ3n) is 2.83. The van der Waals surface area contributed by atoms with Crippen molar-refractivity contribution in [2.45, 2.75) is 32.1 Å². The van der Waals surface area contributed by atoms with Gasteiger partial charge in [0.2, 0.25) is 0 Å². The van der Waals surface area contributed by atoms with Gasteiger partial charge in [-0.25, -0.2) is 0 Å². The molecule has 1 fully saturated rings. The molecule has 16 heavy (non-hydrogen) atoms. The summed E-state index contributed by atoms with van der Waals surface area (Å²) in [5.74, 6) is 0.451. The molecule has 0 spiro atoms. The van der Waals surface area contributed by atoms with Crippen molar-refractivity contribution in [3.05, 3.63) is 12.1 Å². The first-order valence-corrected chi connectivity index (χ1v) is 5.45. The van der Waals surface area contributed by atoms with Crippen LogP contribution in [0.3, 0.4) is 0 Å². The van der Waals surface area contributed by atoms with Crippen molar-refractivity contribution >= 4 is 6.98 Å². The zero-order valence-corrected chi connectivity index (χ0v) is 13.0. The Morgan fingerprint density at radius 2 is 1.75 bits per heavy atom. The molecule has 0 atom stereocenters. The molecule has 1 aliphatic carbocycles. The fourth-order valence-electron chi connectivity index (χ4n) is 1.80. The Morgan fingerprint density at radius 1 is 1.19 bits per heavy atom. The maximum absolute atomic E-state index is 12.1. The van der Waals surface area contributed by atoms with E-state index in [4.69, 9.17) is 4.74 Å². The van der Waals surface area contributed by atoms with E-state index in [0.717, 1.165) is 12.8 Å². The van der Waals surface area contributed by atoms with Gasteiger partial charge in [-0.2, -0.15) is 0 Å². The van der Waals surface area contributed by atoms with Crippen LogP contribution in [-0.2, 0) is 4.74 Å². The second-order valence-electron chi connectivity index (χ2n) is 4.25. The van der Waals surface area contributed by atoms with Gasteiger partial charge >= 0.3 is 58.4 Å². The van der Waals surface area contributed by atoms with E-state index in [0.29, 0.717) is 12.5 Å². The standard InChI is InChI=1S/C10H17BF3O.K/c1-9(11(12,13)14)7-15-8-10-5-3-2-4-6-10;/h10H,1-8H2;/q-1;+1. The van der Waals surface area contributed by atoms with Crippen LogP contribution in [0.25, 0.3) is 0 Å². The van der Waals surface area contributed by atoms with Crippen molar-refractivity contribution in [3.63, 3.8) is 0 Å². The minimum absolute atomic E-state index is 0. The normalized spacial score (nSPS) is 17.9. The summed E-state index contributed by atoms with van der Waals surface area (Å²) < 4.78 is 41.4. The van der Waals surface area contributed by atoms with Gasteiger partial charge in [0.25, 0.3) is 0 Å². The van der Waals surface area contributed by atoms with Gasteiger partial charge in [-0.15, -0.1) is 12.1 Å². The van der Waals surface area contributed by atoms with Crippen LogP contribution >= 0.6 is 0 Å². The molecule has 0 aromatic carbocycles. The summed E-state index contributed by atoms with van der Waals surface area (Å²) in [5.41, 5.74) is -0.731. The van der Waals surface area contributed by atoms with E-state index in [1.54, 1.807) is 0 Å². The molecule has 88 valence electrons. The summed E-state index contributed by atoms with van der Waals surface area (Å²) in [4.78, 5) is 0. The van der Waals surface area contributed by atoms with Crippen LogP contribution in [0.15, 0.2) is 12.1 Å². The molecule has 1 aliphatic rings. The van der Waals surface area contributed by atoms with Crippen LogP contribution in [0.1, 0.15) is 32.1 Å². The number of halogens is 3. The molecule has 0 aliphatic heterocycles. The minimum Gasteiger partial charge on any atom is -0.445 e. The van der Waals surface area contributed by atoms with Crippen LogP contribution in [0.4, 0.5) is 12.9 Å². The average molecular weight is 260 g/mol. The van der Waals surface area contributed by atoms with E-state index in [1.807, 2.05) is 0 Å². The second kappa shape index (κ2) is 8.32. The third-order valence-corrected chi connectivity index (χ3v) is 2.83. The number of hydrogen-bond acceptors (Lipinski definition) is 1. The van der Waals surface area contributed by atoms with Crippen molar-refractivity contribution in [2.75, 3.05) is 13.2 Å². The van der Waals surface area contributed by atoms with Crippen LogP contribution in [0.5, 0.6) is 0 Å². The molecule has 0 heterocycles. The zero-order chi connectivity index (χ0) is 11.3. The fraction of sp³-hybridized carbons (Fsp3) is 0.800. The molecule has 0 N–H and O–H groups in total. The Labute approximate surface area is 138 Å². The van der Waals surface area contributed by atoms with E-state index in [-0.39, 0.29) is 58.0 Å². The van der Waals surface area contributed by atoms with Crippen LogP contribution in [0.2, 0.25) is 0 Å². The molecule has 6 heteroatoms. The van der Waals surface area contributed by atoms with Crippen molar-refractivity contribution in [2.24, 2.45) is 5.92 Å². The molecule has 0 amide bonds. The molecule has 0 saturated heterocycles. The molecule has 0 aromatic rings. The first-order valence-electron chi connectivity index (χ1n) is 5.45. The number of hydrogen-bond donors (Lipinski definition) is 0. The first-order chi connectivity index (χ1) is 7.00. The zero-order valence-electron chi connectivity index (χ0n) is 9.85. The van der Waals surface area contributed by atoms with Gasteiger partial charge in [0.15, 0.2) is 0 Å². The largest absolute Gasteiger partial charge is 1.00 e. The summed E-state index contributed by atoms with van der Waals surface area (Å²) in [6.07, 6.45) is 5.78. The smallest absolute Gasteiger partial charge is 0.445 e. The number of rotatable bonds is 5. The average Bonchev–Trinajstić information content (AvgIpc) is 2.18. The Kier molecular flexibility index (Phi) is 8.94. The summed E-state index contributed by atoms with van der Waals surface area (Å²) in [7, 11) is 0. The van der Waals surface area contributed by atoms with Crippen molar-refractivity contribution in [1.29, 1.82) is 0 Å². The van der Waals surface area contributed by atoms with Gasteiger partial charge in [0, 0.05) is 13.2 Å². The maximum atomic E-state index is 12.1. The maximum Gasteiger partial charge on any atom is 1.00 e. The molecule has 1 rings (SSSR count). The summed E-state index contributed by atoms with van der Waals surface area (Å²) in [6.45, 7) is -1.85. The predicted molar refractivity (Wildman–Crippen MR) is 55.6 cm³/mol. The van der Waals surface area contributed by atoms with E-state index < -0.39 is 12.4 Å². The van der Waals surface area contributed by atoms with Crippen LogP contribution in [-0.4, -0.2) is 20.2 Å². The van der Waals surface area contributed by atoms with Crippen molar-refractivity contribution < 1.29 is 69.1 Å². The molecule has 0 bridgehead atoms. The van der Waals surface area contributed by atoms with Gasteiger partial charge in [-0.1, -0.05) is 19.3 Å².